The van der Waals surface area contributed by atoms with E-state index in [1.165, 1.54) is 4.90 Å². The van der Waals surface area contributed by atoms with Crippen molar-refractivity contribution in [2.24, 2.45) is 5.41 Å². The first-order valence-electron chi connectivity index (χ1n) is 6.31. The van der Waals surface area contributed by atoms with Crippen LogP contribution in [0.3, 0.4) is 0 Å². The summed E-state index contributed by atoms with van der Waals surface area (Å²) in [6, 6.07) is 6.90. The molecule has 0 bridgehead atoms. The van der Waals surface area contributed by atoms with Gasteiger partial charge in [-0.1, -0.05) is 23.7 Å². The van der Waals surface area contributed by atoms with Gasteiger partial charge in [0.1, 0.15) is 5.75 Å². The highest BCUT2D eigenvalue weighted by Gasteiger charge is 2.42. The zero-order valence-electron chi connectivity index (χ0n) is 11.1. The predicted octanol–water partition coefficient (Wildman–Crippen LogP) is 2.04. The summed E-state index contributed by atoms with van der Waals surface area (Å²) in [5.41, 5.74) is -0.861. The van der Waals surface area contributed by atoms with Crippen LogP contribution >= 0.6 is 11.6 Å². The molecule has 20 heavy (non-hydrogen) atoms. The molecule has 1 aliphatic rings. The summed E-state index contributed by atoms with van der Waals surface area (Å²) in [5, 5.41) is 9.57. The number of hydrogen-bond donors (Lipinski definition) is 1. The molecule has 0 aromatic heterocycles. The van der Waals surface area contributed by atoms with Crippen LogP contribution in [0.4, 0.5) is 0 Å². The number of rotatable bonds is 4. The van der Waals surface area contributed by atoms with Gasteiger partial charge in [-0.15, -0.1) is 0 Å². The molecule has 108 valence electrons. The predicted molar refractivity (Wildman–Crippen MR) is 73.9 cm³/mol. The smallest absolute Gasteiger partial charge is 0.311 e. The van der Waals surface area contributed by atoms with Gasteiger partial charge in [0.2, 0.25) is 0 Å². The first-order chi connectivity index (χ1) is 9.42. The minimum Gasteiger partial charge on any atom is -0.482 e. The number of carbonyl (C=O) groups excluding carboxylic acids is 1. The molecule has 1 heterocycles. The molecule has 1 aliphatic heterocycles. The summed E-state index contributed by atoms with van der Waals surface area (Å²) in [5.74, 6) is -0.655. The first kappa shape index (κ1) is 14.7. The molecular formula is C14H16ClNO4. The second-order valence-electron chi connectivity index (χ2n) is 5.15. The number of amides is 1. The van der Waals surface area contributed by atoms with Gasteiger partial charge in [0, 0.05) is 13.1 Å². The highest BCUT2D eigenvalue weighted by Crippen LogP contribution is 2.30. The number of carboxylic acid groups (broad SMARTS) is 1. The van der Waals surface area contributed by atoms with Gasteiger partial charge in [0.05, 0.1) is 10.4 Å². The molecule has 1 aromatic rings. The number of hydrogen-bond acceptors (Lipinski definition) is 3. The van der Waals surface area contributed by atoms with E-state index >= 15 is 0 Å². The largest absolute Gasteiger partial charge is 0.482 e. The summed E-state index contributed by atoms with van der Waals surface area (Å²) in [4.78, 5) is 24.7. The van der Waals surface area contributed by atoms with E-state index in [-0.39, 0.29) is 19.1 Å². The quantitative estimate of drug-likeness (QED) is 0.923. The molecule has 0 spiro atoms. The molecule has 1 atom stereocenters. The molecule has 1 fully saturated rings. The second kappa shape index (κ2) is 5.71. The van der Waals surface area contributed by atoms with Gasteiger partial charge in [-0.3, -0.25) is 9.59 Å². The summed E-state index contributed by atoms with van der Waals surface area (Å²) in [6.07, 6.45) is 0.458. The van der Waals surface area contributed by atoms with E-state index in [1.807, 2.05) is 0 Å². The number of likely N-dealkylation sites (tertiary alicyclic amines) is 1. The molecular weight excluding hydrogens is 282 g/mol. The molecule has 6 heteroatoms. The third-order valence-electron chi connectivity index (χ3n) is 3.53. The Morgan fingerprint density at radius 2 is 2.15 bits per heavy atom. The average molecular weight is 298 g/mol. The number of ether oxygens (including phenoxy) is 1. The van der Waals surface area contributed by atoms with Crippen LogP contribution in [0.25, 0.3) is 0 Å². The first-order valence-corrected chi connectivity index (χ1v) is 6.69. The van der Waals surface area contributed by atoms with E-state index in [0.29, 0.717) is 23.7 Å². The number of para-hydroxylation sites is 1. The fourth-order valence-electron chi connectivity index (χ4n) is 2.14. The number of halogens is 1. The lowest BCUT2D eigenvalue weighted by molar-refractivity contribution is -0.147. The molecule has 0 saturated carbocycles. The standard InChI is InChI=1S/C14H16ClNO4/c1-14(13(18)19)6-7-16(9-14)12(17)8-20-11-5-3-2-4-10(11)15/h2-5H,6-9H2,1H3,(H,18,19). The zero-order valence-corrected chi connectivity index (χ0v) is 11.9. The van der Waals surface area contributed by atoms with Crippen LogP contribution in [0.15, 0.2) is 24.3 Å². The van der Waals surface area contributed by atoms with Crippen molar-refractivity contribution in [3.05, 3.63) is 29.3 Å². The van der Waals surface area contributed by atoms with Crippen molar-refractivity contribution in [1.82, 2.24) is 4.90 Å². The number of nitrogens with zero attached hydrogens (tertiary/aromatic N) is 1. The Bertz CT molecular complexity index is 534. The maximum absolute atomic E-state index is 12.0. The molecule has 1 unspecified atom stereocenters. The highest BCUT2D eigenvalue weighted by atomic mass is 35.5. The Balaban J connectivity index is 1.91. The van der Waals surface area contributed by atoms with E-state index < -0.39 is 11.4 Å². The summed E-state index contributed by atoms with van der Waals surface area (Å²) >= 11 is 5.93. The molecule has 5 nitrogen and oxygen atoms in total. The Labute approximate surface area is 122 Å². The van der Waals surface area contributed by atoms with Crippen molar-refractivity contribution in [2.75, 3.05) is 19.7 Å². The van der Waals surface area contributed by atoms with Crippen molar-refractivity contribution in [2.45, 2.75) is 13.3 Å². The fraction of sp³-hybridized carbons (Fsp3) is 0.429. The molecule has 1 saturated heterocycles. The van der Waals surface area contributed by atoms with Gasteiger partial charge in [-0.05, 0) is 25.5 Å². The van der Waals surface area contributed by atoms with Crippen molar-refractivity contribution in [3.8, 4) is 5.75 Å². The summed E-state index contributed by atoms with van der Waals surface area (Å²) < 4.78 is 5.37. The average Bonchev–Trinajstić information content (AvgIpc) is 2.82. The molecule has 0 aliphatic carbocycles. The van der Waals surface area contributed by atoms with Gasteiger partial charge in [0.15, 0.2) is 6.61 Å². The van der Waals surface area contributed by atoms with E-state index in [4.69, 9.17) is 21.4 Å². The van der Waals surface area contributed by atoms with Gasteiger partial charge in [-0.25, -0.2) is 0 Å². The highest BCUT2D eigenvalue weighted by molar-refractivity contribution is 6.32. The van der Waals surface area contributed by atoms with Crippen molar-refractivity contribution in [3.63, 3.8) is 0 Å². The topological polar surface area (TPSA) is 66.8 Å². The second-order valence-corrected chi connectivity index (χ2v) is 5.56. The lowest BCUT2D eigenvalue weighted by Gasteiger charge is -2.20. The molecule has 1 aromatic carbocycles. The fourth-order valence-corrected chi connectivity index (χ4v) is 2.33. The zero-order chi connectivity index (χ0) is 14.8. The molecule has 1 N–H and O–H groups in total. The molecule has 1 amide bonds. The third-order valence-corrected chi connectivity index (χ3v) is 3.84. The van der Waals surface area contributed by atoms with Crippen LogP contribution in [-0.4, -0.2) is 41.6 Å². The Morgan fingerprint density at radius 1 is 1.45 bits per heavy atom. The minimum absolute atomic E-state index is 0.139. The van der Waals surface area contributed by atoms with Crippen molar-refractivity contribution < 1.29 is 19.4 Å². The Morgan fingerprint density at radius 3 is 2.75 bits per heavy atom. The van der Waals surface area contributed by atoms with Gasteiger partial charge in [0.25, 0.3) is 5.91 Å². The number of benzene rings is 1. The van der Waals surface area contributed by atoms with Crippen LogP contribution in [-0.2, 0) is 9.59 Å². The van der Waals surface area contributed by atoms with Crippen molar-refractivity contribution in [1.29, 1.82) is 0 Å². The van der Waals surface area contributed by atoms with E-state index in [2.05, 4.69) is 0 Å². The van der Waals surface area contributed by atoms with Crippen molar-refractivity contribution >= 4 is 23.5 Å². The van der Waals surface area contributed by atoms with Crippen LogP contribution < -0.4 is 4.74 Å². The molecule has 2 rings (SSSR count). The monoisotopic (exact) mass is 297 g/mol. The summed E-state index contributed by atoms with van der Waals surface area (Å²) in [7, 11) is 0. The minimum atomic E-state index is -0.875. The SMILES string of the molecule is CC1(C(=O)O)CCN(C(=O)COc2ccccc2Cl)C1. The maximum Gasteiger partial charge on any atom is 0.311 e. The lowest BCUT2D eigenvalue weighted by atomic mass is 9.90. The van der Waals surface area contributed by atoms with Gasteiger partial charge in [-0.2, -0.15) is 0 Å². The van der Waals surface area contributed by atoms with Crippen LogP contribution in [0.1, 0.15) is 13.3 Å². The number of aliphatic carboxylic acids is 1. The number of carboxylic acids is 1. The van der Waals surface area contributed by atoms with Crippen LogP contribution in [0.5, 0.6) is 5.75 Å². The lowest BCUT2D eigenvalue weighted by Crippen LogP contribution is -2.37. The maximum atomic E-state index is 12.0. The van der Waals surface area contributed by atoms with E-state index in [0.717, 1.165) is 0 Å². The van der Waals surface area contributed by atoms with Crippen LogP contribution in [0.2, 0.25) is 5.02 Å². The van der Waals surface area contributed by atoms with E-state index in [9.17, 15) is 9.59 Å². The van der Waals surface area contributed by atoms with Crippen LogP contribution in [0, 0.1) is 5.41 Å². The molecule has 0 radical (unpaired) electrons. The normalized spacial score (nSPS) is 21.8. The summed E-state index contributed by atoms with van der Waals surface area (Å²) in [6.45, 7) is 2.16. The van der Waals surface area contributed by atoms with Gasteiger partial charge >= 0.3 is 5.97 Å². The van der Waals surface area contributed by atoms with E-state index in [1.54, 1.807) is 31.2 Å². The Kier molecular flexibility index (Phi) is 4.18. The third kappa shape index (κ3) is 3.04. The Hall–Kier alpha value is -1.75. The number of carbonyl (C=O) groups is 2. The van der Waals surface area contributed by atoms with Gasteiger partial charge < -0.3 is 14.7 Å².